The van der Waals surface area contributed by atoms with Crippen LogP contribution in [0.4, 0.5) is 0 Å². The fourth-order valence-corrected chi connectivity index (χ4v) is 9.18. The molecule has 0 aliphatic heterocycles. The third kappa shape index (κ3) is 7.62. The van der Waals surface area contributed by atoms with Crippen LogP contribution in [0.3, 0.4) is 0 Å². The van der Waals surface area contributed by atoms with Crippen molar-refractivity contribution in [2.45, 2.75) is 26.2 Å². The van der Waals surface area contributed by atoms with Crippen LogP contribution in [0, 0.1) is 0 Å². The zero-order valence-electron chi connectivity index (χ0n) is 36.8. The minimum atomic E-state index is 0.000792. The maximum absolute atomic E-state index is 5.37. The van der Waals surface area contributed by atoms with Gasteiger partial charge in [-0.1, -0.05) is 209 Å². The van der Waals surface area contributed by atoms with Crippen LogP contribution in [0.15, 0.2) is 231 Å². The van der Waals surface area contributed by atoms with Crippen LogP contribution in [-0.4, -0.2) is 14.5 Å². The summed E-state index contributed by atoms with van der Waals surface area (Å²) in [5.41, 5.74) is 18.7. The highest BCUT2D eigenvalue weighted by Gasteiger charge is 2.24. The lowest BCUT2D eigenvalue weighted by Crippen LogP contribution is -2.10. The molecule has 0 atom stereocenters. The number of rotatable bonds is 8. The molecule has 2 aromatic heterocycles. The van der Waals surface area contributed by atoms with Crippen molar-refractivity contribution in [2.24, 2.45) is 0 Å². The van der Waals surface area contributed by atoms with Crippen molar-refractivity contribution in [3.8, 4) is 84.1 Å². The van der Waals surface area contributed by atoms with Crippen molar-refractivity contribution >= 4 is 21.8 Å². The standard InChI is InChI=1S/C62H47N3/c1-62(2,3)51-33-29-45(30-34-51)53-40-50(57-41-56(46-25-15-7-16-26-46)63-61(64-57)47-27-17-8-18-28-47)39-52(44-23-13-6-14-24-44)60(53)65-58-35-31-48(42-19-9-4-10-20-42)37-54(58)55-38-49(32-36-59(55)65)43-21-11-5-12-22-43/h4-41H,1-3H3. The molecule has 0 fully saturated rings. The van der Waals surface area contributed by atoms with Gasteiger partial charge < -0.3 is 4.57 Å². The lowest BCUT2D eigenvalue weighted by Gasteiger charge is -2.23. The molecule has 0 saturated heterocycles. The lowest BCUT2D eigenvalue weighted by atomic mass is 9.85. The summed E-state index contributed by atoms with van der Waals surface area (Å²) >= 11 is 0. The molecule has 0 radical (unpaired) electrons. The first-order valence-electron chi connectivity index (χ1n) is 22.4. The van der Waals surface area contributed by atoms with E-state index >= 15 is 0 Å². The van der Waals surface area contributed by atoms with Crippen molar-refractivity contribution < 1.29 is 0 Å². The van der Waals surface area contributed by atoms with Gasteiger partial charge in [0.2, 0.25) is 0 Å². The van der Waals surface area contributed by atoms with Crippen LogP contribution in [-0.2, 0) is 5.41 Å². The fraction of sp³-hybridized carbons (Fsp3) is 0.0645. The summed E-state index contributed by atoms with van der Waals surface area (Å²) in [4.78, 5) is 10.5. The molecule has 0 amide bonds. The molecule has 0 bridgehead atoms. The molecule has 0 saturated carbocycles. The Bertz CT molecular complexity index is 3310. The van der Waals surface area contributed by atoms with Crippen LogP contribution >= 0.6 is 0 Å². The van der Waals surface area contributed by atoms with Crippen molar-refractivity contribution in [1.82, 2.24) is 14.5 Å². The summed E-state index contributed by atoms with van der Waals surface area (Å²) in [6, 6.07) is 83.0. The van der Waals surface area contributed by atoms with Gasteiger partial charge >= 0.3 is 0 Å². The maximum Gasteiger partial charge on any atom is 0.160 e. The molecule has 0 unspecified atom stereocenters. The Morgan fingerprint density at radius 2 is 0.708 bits per heavy atom. The van der Waals surface area contributed by atoms with Crippen LogP contribution in [0.25, 0.3) is 106 Å². The third-order valence-electron chi connectivity index (χ3n) is 12.6. The zero-order chi connectivity index (χ0) is 43.9. The molecule has 0 N–H and O–H groups in total. The van der Waals surface area contributed by atoms with Crippen LogP contribution in [0.5, 0.6) is 0 Å². The molecule has 0 spiro atoms. The molecule has 9 aromatic carbocycles. The van der Waals surface area contributed by atoms with Gasteiger partial charge in [-0.25, -0.2) is 9.97 Å². The molecule has 11 rings (SSSR count). The molecule has 3 heteroatoms. The number of fused-ring (bicyclic) bond motifs is 3. The normalized spacial score (nSPS) is 11.6. The van der Waals surface area contributed by atoms with Gasteiger partial charge in [0.1, 0.15) is 0 Å². The van der Waals surface area contributed by atoms with Gasteiger partial charge in [0, 0.05) is 38.6 Å². The molecule has 310 valence electrons. The van der Waals surface area contributed by atoms with Gasteiger partial charge in [0.25, 0.3) is 0 Å². The highest BCUT2D eigenvalue weighted by Crippen LogP contribution is 2.45. The number of hydrogen-bond acceptors (Lipinski definition) is 2. The van der Waals surface area contributed by atoms with Gasteiger partial charge in [0.05, 0.1) is 28.1 Å². The highest BCUT2D eigenvalue weighted by atomic mass is 15.0. The maximum atomic E-state index is 5.37. The Morgan fingerprint density at radius 3 is 1.17 bits per heavy atom. The Morgan fingerprint density at radius 1 is 0.323 bits per heavy atom. The summed E-state index contributed by atoms with van der Waals surface area (Å²) in [5, 5.41) is 2.40. The molecule has 65 heavy (non-hydrogen) atoms. The molecule has 0 aliphatic carbocycles. The summed E-state index contributed by atoms with van der Waals surface area (Å²) < 4.78 is 2.51. The second-order valence-corrected chi connectivity index (χ2v) is 17.8. The van der Waals surface area contributed by atoms with Gasteiger partial charge in [-0.3, -0.25) is 0 Å². The molecule has 0 aliphatic rings. The largest absolute Gasteiger partial charge is 0.308 e. The van der Waals surface area contributed by atoms with Crippen molar-refractivity contribution in [2.75, 3.05) is 0 Å². The van der Waals surface area contributed by atoms with Crippen LogP contribution < -0.4 is 0 Å². The quantitative estimate of drug-likeness (QED) is 0.153. The first-order valence-corrected chi connectivity index (χ1v) is 22.4. The first-order chi connectivity index (χ1) is 31.9. The number of benzene rings is 9. The van der Waals surface area contributed by atoms with E-state index in [9.17, 15) is 0 Å². The monoisotopic (exact) mass is 833 g/mol. The zero-order valence-corrected chi connectivity index (χ0v) is 36.8. The van der Waals surface area contributed by atoms with Gasteiger partial charge in [0.15, 0.2) is 5.82 Å². The predicted octanol–water partition coefficient (Wildman–Crippen LogP) is 16.5. The van der Waals surface area contributed by atoms with Crippen LogP contribution in [0.2, 0.25) is 0 Å². The number of nitrogens with zero attached hydrogens (tertiary/aromatic N) is 3. The van der Waals surface area contributed by atoms with Gasteiger partial charge in [-0.2, -0.15) is 0 Å². The topological polar surface area (TPSA) is 30.7 Å². The second kappa shape index (κ2) is 16.5. The predicted molar refractivity (Wildman–Crippen MR) is 273 cm³/mol. The Balaban J connectivity index is 1.25. The number of hydrogen-bond donors (Lipinski definition) is 0. The third-order valence-corrected chi connectivity index (χ3v) is 12.6. The van der Waals surface area contributed by atoms with Gasteiger partial charge in [-0.15, -0.1) is 0 Å². The van der Waals surface area contributed by atoms with E-state index in [4.69, 9.17) is 9.97 Å². The minimum Gasteiger partial charge on any atom is -0.308 e. The summed E-state index contributed by atoms with van der Waals surface area (Å²) in [5.74, 6) is 0.689. The van der Waals surface area contributed by atoms with E-state index in [-0.39, 0.29) is 5.41 Å². The van der Waals surface area contributed by atoms with E-state index in [0.717, 1.165) is 67.1 Å². The van der Waals surface area contributed by atoms with Crippen molar-refractivity contribution in [3.63, 3.8) is 0 Å². The molecule has 2 heterocycles. The fourth-order valence-electron chi connectivity index (χ4n) is 9.18. The lowest BCUT2D eigenvalue weighted by molar-refractivity contribution is 0.590. The SMILES string of the molecule is CC(C)(C)c1ccc(-c2cc(-c3cc(-c4ccccc4)nc(-c4ccccc4)n3)cc(-c3ccccc3)c2-n2c3ccc(-c4ccccc4)cc3c3cc(-c4ccccc4)ccc32)cc1. The second-order valence-electron chi connectivity index (χ2n) is 17.8. The molecule has 11 aromatic rings. The van der Waals surface area contributed by atoms with E-state index in [1.165, 1.54) is 38.6 Å². The molecular weight excluding hydrogens is 787 g/mol. The Hall–Kier alpha value is -8.14. The average Bonchev–Trinajstić information content (AvgIpc) is 3.69. The minimum absolute atomic E-state index is 0.000792. The first kappa shape index (κ1) is 39.7. The summed E-state index contributed by atoms with van der Waals surface area (Å²) in [6.45, 7) is 6.82. The average molecular weight is 834 g/mol. The highest BCUT2D eigenvalue weighted by molar-refractivity contribution is 6.13. The van der Waals surface area contributed by atoms with E-state index in [1.807, 2.05) is 24.3 Å². The summed E-state index contributed by atoms with van der Waals surface area (Å²) in [6.07, 6.45) is 0. The van der Waals surface area contributed by atoms with Crippen molar-refractivity contribution in [1.29, 1.82) is 0 Å². The van der Waals surface area contributed by atoms with Crippen molar-refractivity contribution in [3.05, 3.63) is 236 Å². The van der Waals surface area contributed by atoms with E-state index in [1.54, 1.807) is 0 Å². The Labute approximate surface area is 381 Å². The molecule has 3 nitrogen and oxygen atoms in total. The van der Waals surface area contributed by atoms with Crippen LogP contribution in [0.1, 0.15) is 26.3 Å². The smallest absolute Gasteiger partial charge is 0.160 e. The van der Waals surface area contributed by atoms with E-state index in [0.29, 0.717) is 5.82 Å². The van der Waals surface area contributed by atoms with Gasteiger partial charge in [-0.05, 0) is 86.8 Å². The van der Waals surface area contributed by atoms with E-state index < -0.39 is 0 Å². The molecular formula is C62H47N3. The summed E-state index contributed by atoms with van der Waals surface area (Å²) in [7, 11) is 0. The van der Waals surface area contributed by atoms with E-state index in [2.05, 4.69) is 232 Å². The Kier molecular flexibility index (Phi) is 10.1. The number of aromatic nitrogens is 3.